The lowest BCUT2D eigenvalue weighted by Gasteiger charge is -2.22. The number of hydrogen-bond donors (Lipinski definition) is 1. The van der Waals surface area contributed by atoms with Crippen LogP contribution >= 0.6 is 11.6 Å². The van der Waals surface area contributed by atoms with Gasteiger partial charge in [-0.2, -0.15) is 13.2 Å². The van der Waals surface area contributed by atoms with Gasteiger partial charge < -0.3 is 5.11 Å². The van der Waals surface area contributed by atoms with Gasteiger partial charge in [0.2, 0.25) is 0 Å². The predicted octanol–water partition coefficient (Wildman–Crippen LogP) is 2.93. The molecule has 1 N–H and O–H groups in total. The molecule has 0 aliphatic heterocycles. The number of hydrogen-bond acceptors (Lipinski definition) is 2. The van der Waals surface area contributed by atoms with E-state index in [0.29, 0.717) is 4.90 Å². The second kappa shape index (κ2) is 6.21. The molecule has 19 heavy (non-hydrogen) atoms. The minimum atomic E-state index is -4.56. The first kappa shape index (κ1) is 15.7. The van der Waals surface area contributed by atoms with Crippen LogP contribution in [0.2, 0.25) is 5.02 Å². The fraction of sp³-hybridized carbons (Fsp3) is 0.364. The van der Waals surface area contributed by atoms with Crippen LogP contribution in [0.25, 0.3) is 0 Å². The van der Waals surface area contributed by atoms with Crippen LogP contribution < -0.4 is 0 Å². The van der Waals surface area contributed by atoms with E-state index in [2.05, 4.69) is 0 Å². The molecule has 0 heterocycles. The Balaban J connectivity index is 2.87. The van der Waals surface area contributed by atoms with E-state index in [0.717, 1.165) is 6.07 Å². The highest BCUT2D eigenvalue weighted by Crippen LogP contribution is 2.20. The second-order valence-corrected chi connectivity index (χ2v) is 4.33. The number of carboxylic acid groups (broad SMARTS) is 1. The van der Waals surface area contributed by atoms with E-state index in [1.165, 1.54) is 12.1 Å². The zero-order chi connectivity index (χ0) is 14.6. The Labute approximate surface area is 111 Å². The summed E-state index contributed by atoms with van der Waals surface area (Å²) in [6.45, 7) is -2.77. The molecule has 0 saturated carbocycles. The molecular weight excluding hydrogens is 290 g/mol. The molecule has 0 bridgehead atoms. The van der Waals surface area contributed by atoms with Crippen molar-refractivity contribution in [3.8, 4) is 0 Å². The lowest BCUT2D eigenvalue weighted by molar-refractivity contribution is -0.154. The summed E-state index contributed by atoms with van der Waals surface area (Å²) in [5.41, 5.74) is -0.0852. The summed E-state index contributed by atoms with van der Waals surface area (Å²) in [6, 6.07) is 3.44. The summed E-state index contributed by atoms with van der Waals surface area (Å²) in [4.78, 5) is 11.1. The van der Waals surface area contributed by atoms with Crippen LogP contribution in [-0.4, -0.2) is 35.2 Å². The first-order chi connectivity index (χ1) is 8.67. The van der Waals surface area contributed by atoms with Crippen molar-refractivity contribution < 1.29 is 27.5 Å². The van der Waals surface area contributed by atoms with Crippen LogP contribution in [0.4, 0.5) is 17.6 Å². The molecule has 0 fully saturated rings. The van der Waals surface area contributed by atoms with Crippen molar-refractivity contribution in [3.05, 3.63) is 34.6 Å². The van der Waals surface area contributed by atoms with Gasteiger partial charge in [0.1, 0.15) is 5.82 Å². The number of carbonyl (C=O) groups is 1. The number of nitrogens with zero attached hydrogens (tertiary/aromatic N) is 1. The summed E-state index contributed by atoms with van der Waals surface area (Å²) in [6.07, 6.45) is -4.56. The second-order valence-electron chi connectivity index (χ2n) is 3.89. The molecule has 0 aliphatic carbocycles. The van der Waals surface area contributed by atoms with Gasteiger partial charge in [0.15, 0.2) is 0 Å². The Bertz CT molecular complexity index is 464. The zero-order valence-corrected chi connectivity index (χ0v) is 10.3. The molecule has 0 aromatic heterocycles. The van der Waals surface area contributed by atoms with Crippen molar-refractivity contribution in [2.24, 2.45) is 0 Å². The number of alkyl halides is 3. The molecule has 0 spiro atoms. The molecular formula is C11H10ClF4NO2. The molecule has 1 aromatic rings. The molecule has 0 unspecified atom stereocenters. The Kier molecular flexibility index (Phi) is 5.13. The Hall–Kier alpha value is -1.34. The third-order valence-electron chi connectivity index (χ3n) is 2.16. The molecule has 0 radical (unpaired) electrons. The van der Waals surface area contributed by atoms with Crippen molar-refractivity contribution in [1.29, 1.82) is 0 Å². The molecule has 8 heteroatoms. The minimum Gasteiger partial charge on any atom is -0.480 e. The lowest BCUT2D eigenvalue weighted by Crippen LogP contribution is -2.37. The van der Waals surface area contributed by atoms with Crippen molar-refractivity contribution in [3.63, 3.8) is 0 Å². The van der Waals surface area contributed by atoms with Gasteiger partial charge in [0.05, 0.1) is 13.1 Å². The van der Waals surface area contributed by atoms with Gasteiger partial charge in [0.25, 0.3) is 0 Å². The van der Waals surface area contributed by atoms with Crippen LogP contribution in [0.15, 0.2) is 18.2 Å². The smallest absolute Gasteiger partial charge is 0.401 e. The standard InChI is InChI=1S/C11H10ClF4NO2/c12-8-1-2-9(13)7(3-8)4-17(5-10(18)19)6-11(14,15)16/h1-3H,4-6H2,(H,18,19). The summed E-state index contributed by atoms with van der Waals surface area (Å²) >= 11 is 5.62. The molecule has 3 nitrogen and oxygen atoms in total. The third-order valence-corrected chi connectivity index (χ3v) is 2.40. The highest BCUT2D eigenvalue weighted by molar-refractivity contribution is 6.30. The SMILES string of the molecule is O=C(O)CN(Cc1cc(Cl)ccc1F)CC(F)(F)F. The third kappa shape index (κ3) is 5.89. The van der Waals surface area contributed by atoms with E-state index in [4.69, 9.17) is 16.7 Å². The van der Waals surface area contributed by atoms with E-state index < -0.39 is 37.6 Å². The number of benzene rings is 1. The van der Waals surface area contributed by atoms with E-state index in [9.17, 15) is 22.4 Å². The fourth-order valence-corrected chi connectivity index (χ4v) is 1.71. The maximum atomic E-state index is 13.4. The highest BCUT2D eigenvalue weighted by Gasteiger charge is 2.31. The molecule has 1 aromatic carbocycles. The van der Waals surface area contributed by atoms with Gasteiger partial charge >= 0.3 is 12.1 Å². The monoisotopic (exact) mass is 299 g/mol. The van der Waals surface area contributed by atoms with Gasteiger partial charge in [-0.25, -0.2) is 4.39 Å². The van der Waals surface area contributed by atoms with Crippen molar-refractivity contribution in [1.82, 2.24) is 4.90 Å². The van der Waals surface area contributed by atoms with Gasteiger partial charge in [-0.15, -0.1) is 0 Å². The van der Waals surface area contributed by atoms with E-state index >= 15 is 0 Å². The van der Waals surface area contributed by atoms with E-state index in [-0.39, 0.29) is 10.6 Å². The summed E-state index contributed by atoms with van der Waals surface area (Å²) in [5, 5.41) is 8.72. The number of rotatable bonds is 5. The van der Waals surface area contributed by atoms with Gasteiger partial charge in [-0.1, -0.05) is 11.6 Å². The summed E-state index contributed by atoms with van der Waals surface area (Å²) < 4.78 is 50.2. The summed E-state index contributed by atoms with van der Waals surface area (Å²) in [5.74, 6) is -2.16. The lowest BCUT2D eigenvalue weighted by atomic mass is 10.2. The molecule has 0 atom stereocenters. The van der Waals surface area contributed by atoms with Crippen LogP contribution in [0.3, 0.4) is 0 Å². The molecule has 0 aliphatic rings. The average molecular weight is 300 g/mol. The van der Waals surface area contributed by atoms with E-state index in [1.54, 1.807) is 0 Å². The molecule has 1 rings (SSSR count). The van der Waals surface area contributed by atoms with Gasteiger partial charge in [-0.3, -0.25) is 9.69 Å². The molecule has 106 valence electrons. The zero-order valence-electron chi connectivity index (χ0n) is 9.55. The normalized spacial score (nSPS) is 11.9. The number of aliphatic carboxylic acids is 1. The van der Waals surface area contributed by atoms with Crippen LogP contribution in [0.1, 0.15) is 5.56 Å². The van der Waals surface area contributed by atoms with E-state index in [1.807, 2.05) is 0 Å². The quantitative estimate of drug-likeness (QED) is 0.850. The first-order valence-electron chi connectivity index (χ1n) is 5.12. The van der Waals surface area contributed by atoms with Crippen LogP contribution in [0, 0.1) is 5.82 Å². The van der Waals surface area contributed by atoms with Crippen molar-refractivity contribution >= 4 is 17.6 Å². The predicted molar refractivity (Wildman–Crippen MR) is 60.4 cm³/mol. The first-order valence-corrected chi connectivity index (χ1v) is 5.50. The van der Waals surface area contributed by atoms with Gasteiger partial charge in [0, 0.05) is 17.1 Å². The van der Waals surface area contributed by atoms with Crippen molar-refractivity contribution in [2.45, 2.75) is 12.7 Å². The van der Waals surface area contributed by atoms with Crippen LogP contribution in [-0.2, 0) is 11.3 Å². The Morgan fingerprint density at radius 2 is 2.00 bits per heavy atom. The topological polar surface area (TPSA) is 40.5 Å². The largest absolute Gasteiger partial charge is 0.480 e. The average Bonchev–Trinajstić information content (AvgIpc) is 2.20. The number of carboxylic acids is 1. The number of halogens is 5. The summed E-state index contributed by atoms with van der Waals surface area (Å²) in [7, 11) is 0. The molecule has 0 saturated heterocycles. The minimum absolute atomic E-state index is 0.0852. The fourth-order valence-electron chi connectivity index (χ4n) is 1.52. The van der Waals surface area contributed by atoms with Gasteiger partial charge in [-0.05, 0) is 18.2 Å². The highest BCUT2D eigenvalue weighted by atomic mass is 35.5. The van der Waals surface area contributed by atoms with Crippen molar-refractivity contribution in [2.75, 3.05) is 13.1 Å². The Morgan fingerprint density at radius 3 is 2.53 bits per heavy atom. The maximum absolute atomic E-state index is 13.4. The van der Waals surface area contributed by atoms with Crippen LogP contribution in [0.5, 0.6) is 0 Å². The molecule has 0 amide bonds. The maximum Gasteiger partial charge on any atom is 0.401 e. The Morgan fingerprint density at radius 1 is 1.37 bits per heavy atom.